The number of anilines is 1. The first-order valence-electron chi connectivity index (χ1n) is 7.19. The molecule has 4 heteroatoms. The average molecular weight is 278 g/mol. The number of ether oxygens (including phenoxy) is 1. The van der Waals surface area contributed by atoms with Crippen molar-refractivity contribution in [1.29, 1.82) is 0 Å². The Morgan fingerprint density at radius 2 is 2.00 bits per heavy atom. The van der Waals surface area contributed by atoms with E-state index in [1.54, 1.807) is 13.8 Å². The van der Waals surface area contributed by atoms with Crippen LogP contribution in [0.5, 0.6) is 0 Å². The Hall–Kier alpha value is -1.55. The third-order valence-corrected chi connectivity index (χ3v) is 3.48. The second-order valence-electron chi connectivity index (χ2n) is 5.25. The van der Waals surface area contributed by atoms with Crippen LogP contribution in [0.15, 0.2) is 24.3 Å². The lowest BCUT2D eigenvalue weighted by Gasteiger charge is -2.29. The predicted molar refractivity (Wildman–Crippen MR) is 82.9 cm³/mol. The fourth-order valence-corrected chi connectivity index (χ4v) is 2.13. The molecule has 0 spiro atoms. The fraction of sp³-hybridized carbons (Fsp3) is 0.562. The second-order valence-corrected chi connectivity index (χ2v) is 5.25. The Balaban J connectivity index is 2.71. The number of aryl methyl sites for hydroxylation is 1. The molecule has 1 rings (SSSR count). The van der Waals surface area contributed by atoms with Crippen molar-refractivity contribution in [2.24, 2.45) is 5.73 Å². The first-order chi connectivity index (χ1) is 9.42. The number of nitrogens with zero attached hydrogens (tertiary/aromatic N) is 1. The molecule has 0 saturated carbocycles. The van der Waals surface area contributed by atoms with Gasteiger partial charge in [-0.15, -0.1) is 0 Å². The van der Waals surface area contributed by atoms with E-state index in [0.717, 1.165) is 13.1 Å². The fourth-order valence-electron chi connectivity index (χ4n) is 2.13. The Morgan fingerprint density at radius 3 is 2.55 bits per heavy atom. The van der Waals surface area contributed by atoms with Gasteiger partial charge in [-0.2, -0.15) is 0 Å². The molecule has 0 heterocycles. The van der Waals surface area contributed by atoms with Crippen molar-refractivity contribution in [3.05, 3.63) is 29.8 Å². The van der Waals surface area contributed by atoms with Crippen molar-refractivity contribution in [3.63, 3.8) is 0 Å². The molecule has 0 aliphatic rings. The van der Waals surface area contributed by atoms with Gasteiger partial charge in [0.05, 0.1) is 6.61 Å². The van der Waals surface area contributed by atoms with Crippen LogP contribution in [0.1, 0.15) is 32.8 Å². The van der Waals surface area contributed by atoms with Gasteiger partial charge >= 0.3 is 5.97 Å². The van der Waals surface area contributed by atoms with E-state index < -0.39 is 5.54 Å². The van der Waals surface area contributed by atoms with Gasteiger partial charge in [0.25, 0.3) is 0 Å². The van der Waals surface area contributed by atoms with E-state index >= 15 is 0 Å². The maximum atomic E-state index is 11.8. The molecule has 0 aliphatic heterocycles. The van der Waals surface area contributed by atoms with Crippen LogP contribution in [0.4, 0.5) is 5.69 Å². The van der Waals surface area contributed by atoms with E-state index in [4.69, 9.17) is 10.5 Å². The van der Waals surface area contributed by atoms with E-state index in [9.17, 15) is 4.79 Å². The van der Waals surface area contributed by atoms with Gasteiger partial charge < -0.3 is 15.4 Å². The van der Waals surface area contributed by atoms with E-state index in [0.29, 0.717) is 13.0 Å². The average Bonchev–Trinajstić information content (AvgIpc) is 2.41. The quantitative estimate of drug-likeness (QED) is 0.779. The molecule has 0 amide bonds. The second kappa shape index (κ2) is 7.29. The number of hydrogen-bond acceptors (Lipinski definition) is 4. The highest BCUT2D eigenvalue weighted by atomic mass is 16.5. The Morgan fingerprint density at radius 1 is 1.35 bits per heavy atom. The van der Waals surface area contributed by atoms with Gasteiger partial charge in [-0.25, -0.2) is 0 Å². The molecule has 112 valence electrons. The number of para-hydroxylation sites is 1. The normalized spacial score (nSPS) is 13.7. The van der Waals surface area contributed by atoms with Gasteiger partial charge in [-0.1, -0.05) is 18.2 Å². The minimum Gasteiger partial charge on any atom is -0.465 e. The Kier molecular flexibility index (Phi) is 6.02. The summed E-state index contributed by atoms with van der Waals surface area (Å²) in [6, 6.07) is 8.23. The molecule has 4 nitrogen and oxygen atoms in total. The first kappa shape index (κ1) is 16.5. The van der Waals surface area contributed by atoms with Crippen molar-refractivity contribution < 1.29 is 9.53 Å². The topological polar surface area (TPSA) is 55.6 Å². The van der Waals surface area contributed by atoms with Crippen LogP contribution in [-0.2, 0) is 9.53 Å². The zero-order valence-electron chi connectivity index (χ0n) is 13.0. The molecule has 0 radical (unpaired) electrons. The van der Waals surface area contributed by atoms with Crippen LogP contribution in [0, 0.1) is 6.92 Å². The predicted octanol–water partition coefficient (Wildman–Crippen LogP) is 2.49. The molecule has 0 saturated heterocycles. The maximum absolute atomic E-state index is 11.8. The lowest BCUT2D eigenvalue weighted by Crippen LogP contribution is -2.48. The van der Waals surface area contributed by atoms with Gasteiger partial charge in [-0.05, 0) is 45.7 Å². The van der Waals surface area contributed by atoms with E-state index in [2.05, 4.69) is 30.9 Å². The van der Waals surface area contributed by atoms with Crippen LogP contribution >= 0.6 is 0 Å². The number of carbonyl (C=O) groups is 1. The highest BCUT2D eigenvalue weighted by Gasteiger charge is 2.30. The molecule has 0 bridgehead atoms. The number of hydrogen-bond donors (Lipinski definition) is 1. The molecule has 0 aromatic heterocycles. The molecule has 1 aromatic rings. The minimum atomic E-state index is -0.938. The van der Waals surface area contributed by atoms with Gasteiger partial charge in [0.1, 0.15) is 5.54 Å². The number of nitrogens with two attached hydrogens (primary N) is 1. The third-order valence-electron chi connectivity index (χ3n) is 3.48. The van der Waals surface area contributed by atoms with Gasteiger partial charge in [-0.3, -0.25) is 4.79 Å². The number of rotatable bonds is 7. The lowest BCUT2D eigenvalue weighted by atomic mass is 9.99. The van der Waals surface area contributed by atoms with Crippen LogP contribution in [0.25, 0.3) is 0 Å². The third kappa shape index (κ3) is 4.23. The standard InChI is InChI=1S/C16H26N2O2/c1-5-18(14-10-8-7-9-13(14)3)12-11-16(4,17)15(19)20-6-2/h7-10H,5-6,11-12,17H2,1-4H3. The summed E-state index contributed by atoms with van der Waals surface area (Å²) in [6.07, 6.45) is 0.563. The van der Waals surface area contributed by atoms with E-state index in [-0.39, 0.29) is 5.97 Å². The lowest BCUT2D eigenvalue weighted by molar-refractivity contribution is -0.149. The van der Waals surface area contributed by atoms with Crippen molar-refractivity contribution in [2.45, 2.75) is 39.7 Å². The van der Waals surface area contributed by atoms with Crippen LogP contribution in [0.2, 0.25) is 0 Å². The summed E-state index contributed by atoms with van der Waals surface area (Å²) in [7, 11) is 0. The van der Waals surface area contributed by atoms with Crippen LogP contribution in [0.3, 0.4) is 0 Å². The minimum absolute atomic E-state index is 0.333. The summed E-state index contributed by atoms with van der Waals surface area (Å²) >= 11 is 0. The van der Waals surface area contributed by atoms with Crippen molar-refractivity contribution >= 4 is 11.7 Å². The SMILES string of the molecule is CCOC(=O)C(C)(N)CCN(CC)c1ccccc1C. The summed E-state index contributed by atoms with van der Waals surface area (Å²) < 4.78 is 5.02. The smallest absolute Gasteiger partial charge is 0.325 e. The molecule has 0 fully saturated rings. The van der Waals surface area contributed by atoms with Gasteiger partial charge in [0.2, 0.25) is 0 Å². The monoisotopic (exact) mass is 278 g/mol. The van der Waals surface area contributed by atoms with E-state index in [1.807, 2.05) is 12.1 Å². The van der Waals surface area contributed by atoms with Crippen LogP contribution in [-0.4, -0.2) is 31.2 Å². The molecule has 1 aromatic carbocycles. The highest BCUT2D eigenvalue weighted by Crippen LogP contribution is 2.20. The van der Waals surface area contributed by atoms with Gasteiger partial charge in [0, 0.05) is 18.8 Å². The summed E-state index contributed by atoms with van der Waals surface area (Å²) in [5, 5.41) is 0. The molecular weight excluding hydrogens is 252 g/mol. The maximum Gasteiger partial charge on any atom is 0.325 e. The van der Waals surface area contributed by atoms with Crippen molar-refractivity contribution in [1.82, 2.24) is 0 Å². The molecule has 20 heavy (non-hydrogen) atoms. The number of carbonyl (C=O) groups excluding carboxylic acids is 1. The van der Waals surface area contributed by atoms with Gasteiger partial charge in [0.15, 0.2) is 0 Å². The van der Waals surface area contributed by atoms with E-state index in [1.165, 1.54) is 11.3 Å². The van der Waals surface area contributed by atoms with Crippen molar-refractivity contribution in [2.75, 3.05) is 24.6 Å². The molecule has 2 N–H and O–H groups in total. The highest BCUT2D eigenvalue weighted by molar-refractivity contribution is 5.80. The Labute approximate surface area is 121 Å². The summed E-state index contributed by atoms with van der Waals surface area (Å²) in [6.45, 7) is 9.68. The molecular formula is C16H26N2O2. The number of benzene rings is 1. The zero-order chi connectivity index (χ0) is 15.2. The summed E-state index contributed by atoms with van der Waals surface area (Å²) in [5.41, 5.74) is 7.54. The van der Waals surface area contributed by atoms with Crippen molar-refractivity contribution in [3.8, 4) is 0 Å². The largest absolute Gasteiger partial charge is 0.465 e. The zero-order valence-corrected chi connectivity index (χ0v) is 13.0. The Bertz CT molecular complexity index is 444. The van der Waals surface area contributed by atoms with Crippen LogP contribution < -0.4 is 10.6 Å². The molecule has 1 atom stereocenters. The molecule has 0 aliphatic carbocycles. The summed E-state index contributed by atoms with van der Waals surface area (Å²) in [5.74, 6) is -0.333. The first-order valence-corrected chi connectivity index (χ1v) is 7.19. The number of esters is 1. The molecule has 1 unspecified atom stereocenters. The summed E-state index contributed by atoms with van der Waals surface area (Å²) in [4.78, 5) is 14.0.